The summed E-state index contributed by atoms with van der Waals surface area (Å²) in [5.74, 6) is 0. The van der Waals surface area contributed by atoms with Crippen molar-refractivity contribution in [3.63, 3.8) is 0 Å². The summed E-state index contributed by atoms with van der Waals surface area (Å²) in [6.45, 7) is 2.42. The van der Waals surface area contributed by atoms with Crippen molar-refractivity contribution in [1.29, 1.82) is 0 Å². The first-order valence-electron chi connectivity index (χ1n) is 6.34. The van der Waals surface area contributed by atoms with E-state index in [1.807, 2.05) is 67.6 Å². The molecule has 1 aliphatic rings. The Hall–Kier alpha value is -1.68. The molecular weight excluding hydrogens is 240 g/mol. The zero-order chi connectivity index (χ0) is 13.1. The lowest BCUT2D eigenvalue weighted by Crippen LogP contribution is -2.38. The van der Waals surface area contributed by atoms with Gasteiger partial charge in [-0.15, -0.1) is 0 Å². The zero-order valence-corrected chi connectivity index (χ0v) is 10.8. The number of benzene rings is 2. The summed E-state index contributed by atoms with van der Waals surface area (Å²) in [4.78, 5) is 11.0. The molecule has 3 rings (SSSR count). The second-order valence-electron chi connectivity index (χ2n) is 4.83. The lowest BCUT2D eigenvalue weighted by molar-refractivity contribution is -0.478. The smallest absolute Gasteiger partial charge is 0.217 e. The molecule has 0 aliphatic carbocycles. The number of hydrogen-bond acceptors (Lipinski definition) is 3. The van der Waals surface area contributed by atoms with E-state index in [4.69, 9.17) is 14.5 Å². The molecular formula is C16H16O3. The minimum Gasteiger partial charge on any atom is -0.343 e. The molecule has 3 nitrogen and oxygen atoms in total. The van der Waals surface area contributed by atoms with Gasteiger partial charge in [-0.25, -0.2) is 4.89 Å². The van der Waals surface area contributed by atoms with Crippen LogP contribution in [0.15, 0.2) is 60.7 Å². The van der Waals surface area contributed by atoms with Crippen LogP contribution in [0.1, 0.15) is 24.3 Å². The summed E-state index contributed by atoms with van der Waals surface area (Å²) >= 11 is 0. The molecule has 1 saturated heterocycles. The van der Waals surface area contributed by atoms with Crippen LogP contribution in [0.4, 0.5) is 0 Å². The van der Waals surface area contributed by atoms with Crippen LogP contribution < -0.4 is 0 Å². The topological polar surface area (TPSA) is 27.7 Å². The zero-order valence-electron chi connectivity index (χ0n) is 10.8. The van der Waals surface area contributed by atoms with Crippen molar-refractivity contribution in [2.75, 3.05) is 6.61 Å². The Kier molecular flexibility index (Phi) is 3.34. The largest absolute Gasteiger partial charge is 0.343 e. The number of ether oxygens (including phenoxy) is 1. The van der Waals surface area contributed by atoms with Gasteiger partial charge in [0.1, 0.15) is 5.60 Å². The molecule has 1 aliphatic heterocycles. The van der Waals surface area contributed by atoms with Gasteiger partial charge in [-0.2, -0.15) is 4.89 Å². The Morgan fingerprint density at radius 2 is 1.58 bits per heavy atom. The van der Waals surface area contributed by atoms with Gasteiger partial charge in [0, 0.05) is 5.56 Å². The van der Waals surface area contributed by atoms with Gasteiger partial charge in [0.2, 0.25) is 6.29 Å². The Morgan fingerprint density at radius 3 is 2.16 bits per heavy atom. The highest BCUT2D eigenvalue weighted by Crippen LogP contribution is 2.35. The molecule has 2 unspecified atom stereocenters. The Labute approximate surface area is 112 Å². The molecule has 0 bridgehead atoms. The summed E-state index contributed by atoms with van der Waals surface area (Å²) in [7, 11) is 0. The molecule has 0 amide bonds. The third-order valence-corrected chi connectivity index (χ3v) is 3.29. The molecule has 3 heteroatoms. The molecule has 0 radical (unpaired) electrons. The molecule has 0 spiro atoms. The first-order chi connectivity index (χ1) is 9.28. The molecule has 2 atom stereocenters. The molecule has 98 valence electrons. The van der Waals surface area contributed by atoms with Crippen molar-refractivity contribution in [2.24, 2.45) is 0 Å². The second kappa shape index (κ2) is 5.13. The molecule has 1 fully saturated rings. The predicted molar refractivity (Wildman–Crippen MR) is 71.1 cm³/mol. The predicted octanol–water partition coefficient (Wildman–Crippen LogP) is 3.58. The molecule has 1 heterocycles. The number of rotatable bonds is 2. The van der Waals surface area contributed by atoms with E-state index in [0.717, 1.165) is 11.1 Å². The monoisotopic (exact) mass is 256 g/mol. The van der Waals surface area contributed by atoms with E-state index in [1.165, 1.54) is 0 Å². The van der Waals surface area contributed by atoms with Gasteiger partial charge in [-0.1, -0.05) is 60.7 Å². The van der Waals surface area contributed by atoms with Gasteiger partial charge < -0.3 is 4.74 Å². The van der Waals surface area contributed by atoms with Crippen LogP contribution in [-0.4, -0.2) is 6.61 Å². The fraction of sp³-hybridized carbons (Fsp3) is 0.250. The minimum absolute atomic E-state index is 0.455. The van der Waals surface area contributed by atoms with Gasteiger partial charge in [-0.05, 0) is 12.5 Å². The quantitative estimate of drug-likeness (QED) is 0.769. The standard InChI is InChI=1S/C16H16O3/c1-16(14-10-6-3-7-11-14)12-17-15(18-19-16)13-8-4-2-5-9-13/h2-11,15H,12H2,1H3. The Balaban J connectivity index is 1.73. The summed E-state index contributed by atoms with van der Waals surface area (Å²) in [5, 5.41) is 0. The SMILES string of the molecule is CC1(c2ccccc2)COC(c2ccccc2)OO1. The molecule has 2 aromatic rings. The maximum absolute atomic E-state index is 5.79. The third kappa shape index (κ3) is 2.54. The van der Waals surface area contributed by atoms with E-state index in [2.05, 4.69) is 0 Å². The van der Waals surface area contributed by atoms with Crippen molar-refractivity contribution in [3.05, 3.63) is 71.8 Å². The van der Waals surface area contributed by atoms with Gasteiger partial charge in [0.15, 0.2) is 0 Å². The lowest BCUT2D eigenvalue weighted by Gasteiger charge is -2.36. The number of hydrogen-bond donors (Lipinski definition) is 0. The molecule has 19 heavy (non-hydrogen) atoms. The van der Waals surface area contributed by atoms with Crippen LogP contribution in [-0.2, 0) is 20.1 Å². The van der Waals surface area contributed by atoms with Crippen molar-refractivity contribution in [1.82, 2.24) is 0 Å². The Morgan fingerprint density at radius 1 is 0.947 bits per heavy atom. The van der Waals surface area contributed by atoms with Crippen molar-refractivity contribution < 1.29 is 14.5 Å². The van der Waals surface area contributed by atoms with Crippen LogP contribution in [0.2, 0.25) is 0 Å². The first-order valence-corrected chi connectivity index (χ1v) is 6.34. The van der Waals surface area contributed by atoms with Crippen LogP contribution in [0.5, 0.6) is 0 Å². The molecule has 0 N–H and O–H groups in total. The normalized spacial score (nSPS) is 27.1. The van der Waals surface area contributed by atoms with Crippen LogP contribution in [0.3, 0.4) is 0 Å². The van der Waals surface area contributed by atoms with Crippen LogP contribution >= 0.6 is 0 Å². The lowest BCUT2D eigenvalue weighted by atomic mass is 9.97. The highest BCUT2D eigenvalue weighted by atomic mass is 17.2. The summed E-state index contributed by atoms with van der Waals surface area (Å²) in [6, 6.07) is 19.7. The maximum Gasteiger partial charge on any atom is 0.217 e. The molecule has 0 aromatic heterocycles. The summed E-state index contributed by atoms with van der Waals surface area (Å²) in [5.41, 5.74) is 1.44. The van der Waals surface area contributed by atoms with Crippen molar-refractivity contribution in [2.45, 2.75) is 18.8 Å². The first kappa shape index (κ1) is 12.4. The fourth-order valence-corrected chi connectivity index (χ4v) is 2.12. The van der Waals surface area contributed by atoms with Gasteiger partial charge in [0.05, 0.1) is 6.61 Å². The van der Waals surface area contributed by atoms with Crippen LogP contribution in [0.25, 0.3) is 0 Å². The second-order valence-corrected chi connectivity index (χ2v) is 4.83. The third-order valence-electron chi connectivity index (χ3n) is 3.29. The van der Waals surface area contributed by atoms with Crippen LogP contribution in [0, 0.1) is 0 Å². The van der Waals surface area contributed by atoms with E-state index in [9.17, 15) is 0 Å². The average molecular weight is 256 g/mol. The van der Waals surface area contributed by atoms with E-state index in [0.29, 0.717) is 6.61 Å². The van der Waals surface area contributed by atoms with E-state index in [1.54, 1.807) is 0 Å². The Bertz CT molecular complexity index is 516. The van der Waals surface area contributed by atoms with E-state index in [-0.39, 0.29) is 0 Å². The van der Waals surface area contributed by atoms with Crippen molar-refractivity contribution >= 4 is 0 Å². The van der Waals surface area contributed by atoms with Gasteiger partial charge >= 0.3 is 0 Å². The van der Waals surface area contributed by atoms with E-state index < -0.39 is 11.9 Å². The summed E-state index contributed by atoms with van der Waals surface area (Å²) < 4.78 is 5.79. The average Bonchev–Trinajstić information content (AvgIpc) is 2.50. The van der Waals surface area contributed by atoms with Gasteiger partial charge in [-0.3, -0.25) is 0 Å². The van der Waals surface area contributed by atoms with E-state index >= 15 is 0 Å². The van der Waals surface area contributed by atoms with Crippen molar-refractivity contribution in [3.8, 4) is 0 Å². The highest BCUT2D eigenvalue weighted by molar-refractivity contribution is 5.22. The molecule has 2 aromatic carbocycles. The summed E-state index contributed by atoms with van der Waals surface area (Å²) in [6.07, 6.45) is -0.460. The fourth-order valence-electron chi connectivity index (χ4n) is 2.12. The highest BCUT2D eigenvalue weighted by Gasteiger charge is 2.36. The van der Waals surface area contributed by atoms with Gasteiger partial charge in [0.25, 0.3) is 0 Å². The molecule has 0 saturated carbocycles. The maximum atomic E-state index is 5.79. The minimum atomic E-state index is -0.563.